The number of pyridine rings is 1. The summed E-state index contributed by atoms with van der Waals surface area (Å²) >= 11 is 1.89. The van der Waals surface area contributed by atoms with Gasteiger partial charge in [-0.2, -0.15) is 16.7 Å². The molecule has 3 rings (SSSR count). The molecule has 7 nitrogen and oxygen atoms in total. The molecule has 3 heterocycles. The Bertz CT molecular complexity index is 668. The van der Waals surface area contributed by atoms with Crippen molar-refractivity contribution in [3.8, 4) is 5.88 Å². The van der Waals surface area contributed by atoms with Crippen LogP contribution in [0.4, 0.5) is 0 Å². The number of hydrogen-bond donors (Lipinski definition) is 1. The summed E-state index contributed by atoms with van der Waals surface area (Å²) < 4.78 is 10.8. The summed E-state index contributed by atoms with van der Waals surface area (Å²) in [6, 6.07) is 3.49. The van der Waals surface area contributed by atoms with Gasteiger partial charge in [0.1, 0.15) is 6.10 Å². The largest absolute Gasteiger partial charge is 0.473 e. The van der Waals surface area contributed by atoms with Crippen molar-refractivity contribution in [1.82, 2.24) is 20.4 Å². The number of hydrogen-bond acceptors (Lipinski definition) is 7. The number of amides is 1. The Balaban J connectivity index is 1.41. The molecule has 2 aromatic heterocycles. The van der Waals surface area contributed by atoms with Crippen LogP contribution in [0.5, 0.6) is 5.88 Å². The first-order valence-corrected chi connectivity index (χ1v) is 9.14. The van der Waals surface area contributed by atoms with Gasteiger partial charge in [-0.05, 0) is 31.6 Å². The molecule has 24 heavy (non-hydrogen) atoms. The van der Waals surface area contributed by atoms with Gasteiger partial charge in [0.05, 0.1) is 5.56 Å². The summed E-state index contributed by atoms with van der Waals surface area (Å²) in [5.74, 6) is 3.78. The molecule has 1 unspecified atom stereocenters. The number of rotatable bonds is 7. The molecule has 8 heteroatoms. The average molecular weight is 348 g/mol. The van der Waals surface area contributed by atoms with Crippen molar-refractivity contribution in [3.63, 3.8) is 0 Å². The normalized spacial score (nSPS) is 17.0. The first kappa shape index (κ1) is 16.8. The van der Waals surface area contributed by atoms with Crippen LogP contribution in [-0.4, -0.2) is 45.2 Å². The van der Waals surface area contributed by atoms with Gasteiger partial charge in [-0.15, -0.1) is 0 Å². The summed E-state index contributed by atoms with van der Waals surface area (Å²) in [4.78, 5) is 20.4. The van der Waals surface area contributed by atoms with E-state index in [1.54, 1.807) is 25.3 Å². The van der Waals surface area contributed by atoms with E-state index in [9.17, 15) is 4.79 Å². The maximum absolute atomic E-state index is 12.1. The maximum Gasteiger partial charge on any atom is 0.252 e. The van der Waals surface area contributed by atoms with Crippen molar-refractivity contribution in [2.75, 3.05) is 18.1 Å². The van der Waals surface area contributed by atoms with Crippen molar-refractivity contribution in [3.05, 3.63) is 35.6 Å². The minimum Gasteiger partial charge on any atom is -0.473 e. The third-order valence-electron chi connectivity index (χ3n) is 3.60. The van der Waals surface area contributed by atoms with Crippen LogP contribution in [0.2, 0.25) is 0 Å². The number of ether oxygens (including phenoxy) is 1. The smallest absolute Gasteiger partial charge is 0.252 e. The van der Waals surface area contributed by atoms with E-state index in [0.717, 1.165) is 24.3 Å². The minimum atomic E-state index is -0.146. The molecule has 1 aliphatic rings. The number of aryl methyl sites for hydroxylation is 2. The van der Waals surface area contributed by atoms with Gasteiger partial charge in [0, 0.05) is 31.0 Å². The lowest BCUT2D eigenvalue weighted by Gasteiger charge is -2.11. The van der Waals surface area contributed by atoms with Gasteiger partial charge in [-0.25, -0.2) is 4.98 Å². The third-order valence-corrected chi connectivity index (χ3v) is 4.73. The van der Waals surface area contributed by atoms with Crippen LogP contribution in [0.25, 0.3) is 0 Å². The van der Waals surface area contributed by atoms with E-state index in [1.165, 1.54) is 0 Å². The van der Waals surface area contributed by atoms with E-state index in [-0.39, 0.29) is 12.0 Å². The number of carbonyl (C=O) groups excluding carboxylic acids is 1. The van der Waals surface area contributed by atoms with Gasteiger partial charge in [0.15, 0.2) is 5.82 Å². The van der Waals surface area contributed by atoms with Gasteiger partial charge in [-0.1, -0.05) is 5.16 Å². The third kappa shape index (κ3) is 4.70. The predicted octanol–water partition coefficient (Wildman–Crippen LogP) is 2.02. The van der Waals surface area contributed by atoms with E-state index in [4.69, 9.17) is 9.26 Å². The number of aromatic nitrogens is 3. The van der Waals surface area contributed by atoms with E-state index in [2.05, 4.69) is 20.4 Å². The van der Waals surface area contributed by atoms with Crippen LogP contribution in [0.15, 0.2) is 22.9 Å². The maximum atomic E-state index is 12.1. The highest BCUT2D eigenvalue weighted by atomic mass is 32.2. The molecule has 0 spiro atoms. The average Bonchev–Trinajstić information content (AvgIpc) is 3.24. The molecule has 0 saturated carbocycles. The van der Waals surface area contributed by atoms with Crippen LogP contribution in [0, 0.1) is 6.92 Å². The monoisotopic (exact) mass is 348 g/mol. The number of nitrogens with zero attached hydrogens (tertiary/aromatic N) is 3. The first-order valence-electron chi connectivity index (χ1n) is 7.98. The molecular formula is C16H20N4O3S. The lowest BCUT2D eigenvalue weighted by molar-refractivity contribution is 0.0952. The van der Waals surface area contributed by atoms with Gasteiger partial charge >= 0.3 is 0 Å². The number of nitrogens with one attached hydrogen (secondary N) is 1. The summed E-state index contributed by atoms with van der Waals surface area (Å²) in [6.45, 7) is 2.32. The molecule has 1 saturated heterocycles. The Hall–Kier alpha value is -2.09. The fourth-order valence-electron chi connectivity index (χ4n) is 2.35. The lowest BCUT2D eigenvalue weighted by Crippen LogP contribution is -2.25. The van der Waals surface area contributed by atoms with Gasteiger partial charge in [0.2, 0.25) is 11.8 Å². The molecule has 1 amide bonds. The highest BCUT2D eigenvalue weighted by Crippen LogP contribution is 2.21. The zero-order valence-corrected chi connectivity index (χ0v) is 14.3. The highest BCUT2D eigenvalue weighted by Gasteiger charge is 2.17. The molecule has 1 N–H and O–H groups in total. The van der Waals surface area contributed by atoms with Crippen LogP contribution in [0.1, 0.15) is 34.9 Å². The molecule has 1 atom stereocenters. The van der Waals surface area contributed by atoms with Crippen molar-refractivity contribution in [1.29, 1.82) is 0 Å². The zero-order chi connectivity index (χ0) is 16.8. The molecule has 0 aromatic carbocycles. The molecule has 2 aromatic rings. The standard InChI is InChI=1S/C16H20N4O3S/c1-11-19-15(23-20-11)3-2-7-17-16(21)12-4-5-14(18-9-12)22-13-6-8-24-10-13/h4-5,9,13H,2-3,6-8,10H2,1H3,(H,17,21). The van der Waals surface area contributed by atoms with Crippen LogP contribution >= 0.6 is 11.8 Å². The minimum absolute atomic E-state index is 0.146. The second-order valence-electron chi connectivity index (χ2n) is 5.58. The Labute approximate surface area is 144 Å². The summed E-state index contributed by atoms with van der Waals surface area (Å²) in [6.07, 6.45) is 4.21. The first-order chi connectivity index (χ1) is 11.7. The quantitative estimate of drug-likeness (QED) is 0.766. The topological polar surface area (TPSA) is 90.1 Å². The lowest BCUT2D eigenvalue weighted by atomic mass is 10.2. The number of carbonyl (C=O) groups is 1. The van der Waals surface area contributed by atoms with Crippen LogP contribution in [0.3, 0.4) is 0 Å². The van der Waals surface area contributed by atoms with Crippen LogP contribution in [-0.2, 0) is 6.42 Å². The van der Waals surface area contributed by atoms with E-state index < -0.39 is 0 Å². The second-order valence-corrected chi connectivity index (χ2v) is 6.73. The summed E-state index contributed by atoms with van der Waals surface area (Å²) in [7, 11) is 0. The van der Waals surface area contributed by atoms with E-state index in [1.807, 2.05) is 11.8 Å². The number of thioether (sulfide) groups is 1. The Kier molecular flexibility index (Phi) is 5.68. The summed E-state index contributed by atoms with van der Waals surface area (Å²) in [5.41, 5.74) is 0.525. The highest BCUT2D eigenvalue weighted by molar-refractivity contribution is 7.99. The van der Waals surface area contributed by atoms with E-state index in [0.29, 0.717) is 36.1 Å². The Morgan fingerprint density at radius 3 is 3.08 bits per heavy atom. The molecule has 128 valence electrons. The Morgan fingerprint density at radius 2 is 2.42 bits per heavy atom. The molecule has 0 aliphatic carbocycles. The molecule has 1 fully saturated rings. The van der Waals surface area contributed by atoms with Crippen molar-refractivity contribution in [2.24, 2.45) is 0 Å². The SMILES string of the molecule is Cc1noc(CCCNC(=O)c2ccc(OC3CCSC3)nc2)n1. The van der Waals surface area contributed by atoms with Crippen molar-refractivity contribution >= 4 is 17.7 Å². The molecule has 0 bridgehead atoms. The van der Waals surface area contributed by atoms with Crippen molar-refractivity contribution in [2.45, 2.75) is 32.3 Å². The molecule has 1 aliphatic heterocycles. The summed E-state index contributed by atoms with van der Waals surface area (Å²) in [5, 5.41) is 6.58. The second kappa shape index (κ2) is 8.14. The van der Waals surface area contributed by atoms with Gasteiger partial charge in [-0.3, -0.25) is 4.79 Å². The van der Waals surface area contributed by atoms with Crippen molar-refractivity contribution < 1.29 is 14.1 Å². The predicted molar refractivity (Wildman–Crippen MR) is 90.3 cm³/mol. The van der Waals surface area contributed by atoms with Gasteiger partial charge < -0.3 is 14.6 Å². The fourth-order valence-corrected chi connectivity index (χ4v) is 3.44. The Morgan fingerprint density at radius 1 is 1.50 bits per heavy atom. The molecule has 0 radical (unpaired) electrons. The fraction of sp³-hybridized carbons (Fsp3) is 0.500. The van der Waals surface area contributed by atoms with E-state index >= 15 is 0 Å². The van der Waals surface area contributed by atoms with Gasteiger partial charge in [0.25, 0.3) is 5.91 Å². The van der Waals surface area contributed by atoms with Crippen LogP contribution < -0.4 is 10.1 Å². The molecular weight excluding hydrogens is 328 g/mol. The zero-order valence-electron chi connectivity index (χ0n) is 13.5.